The maximum absolute atomic E-state index is 12.6. The molecular weight excluding hydrogens is 384 g/mol. The van der Waals surface area contributed by atoms with E-state index in [0.29, 0.717) is 16.7 Å². The lowest BCUT2D eigenvalue weighted by atomic mass is 10.2. The maximum Gasteiger partial charge on any atom is 0.266 e. The Hall–Kier alpha value is -3.45. The smallest absolute Gasteiger partial charge is 0.266 e. The lowest BCUT2D eigenvalue weighted by Gasteiger charge is -2.14. The molecule has 2 aromatic heterocycles. The zero-order chi connectivity index (χ0) is 20.2. The van der Waals surface area contributed by atoms with Gasteiger partial charge in [-0.2, -0.15) is 9.78 Å². The highest BCUT2D eigenvalue weighted by atomic mass is 32.1. The van der Waals surface area contributed by atoms with Crippen molar-refractivity contribution in [2.75, 3.05) is 5.32 Å². The van der Waals surface area contributed by atoms with Crippen molar-refractivity contribution in [3.8, 4) is 22.1 Å². The van der Waals surface area contributed by atoms with Crippen molar-refractivity contribution in [2.24, 2.45) is 0 Å². The predicted octanol–water partition coefficient (Wildman–Crippen LogP) is 4.71. The maximum atomic E-state index is 12.6. The summed E-state index contributed by atoms with van der Waals surface area (Å²) in [7, 11) is 0. The number of hydrogen-bond donors (Lipinski definition) is 1. The number of benzene rings is 2. The minimum Gasteiger partial charge on any atom is -0.481 e. The van der Waals surface area contributed by atoms with Gasteiger partial charge < -0.3 is 10.1 Å². The summed E-state index contributed by atoms with van der Waals surface area (Å²) in [6, 6.07) is 21.0. The number of aromatic nitrogens is 3. The van der Waals surface area contributed by atoms with Crippen molar-refractivity contribution in [1.29, 1.82) is 0 Å². The van der Waals surface area contributed by atoms with Crippen LogP contribution in [0.25, 0.3) is 16.4 Å². The topological polar surface area (TPSA) is 69.0 Å². The third-order valence-corrected chi connectivity index (χ3v) is 5.07. The second-order valence-electron chi connectivity index (χ2n) is 6.53. The van der Waals surface area contributed by atoms with Crippen molar-refractivity contribution in [2.45, 2.75) is 20.0 Å². The van der Waals surface area contributed by atoms with Crippen LogP contribution in [-0.2, 0) is 4.79 Å². The average molecular weight is 404 g/mol. The summed E-state index contributed by atoms with van der Waals surface area (Å²) >= 11 is 1.47. The van der Waals surface area contributed by atoms with Crippen molar-refractivity contribution in [3.05, 3.63) is 77.8 Å². The van der Waals surface area contributed by atoms with Crippen LogP contribution in [-0.4, -0.2) is 26.8 Å². The average Bonchev–Trinajstić information content (AvgIpc) is 3.36. The Bertz CT molecular complexity index is 1110. The number of nitrogens with zero attached hydrogens (tertiary/aromatic N) is 3. The van der Waals surface area contributed by atoms with Crippen molar-refractivity contribution >= 4 is 23.1 Å². The number of thiazole rings is 1. The van der Waals surface area contributed by atoms with Crippen LogP contribution >= 0.6 is 11.3 Å². The van der Waals surface area contributed by atoms with E-state index in [0.717, 1.165) is 17.0 Å². The van der Waals surface area contributed by atoms with Crippen LogP contribution in [0.1, 0.15) is 12.6 Å². The molecule has 2 aromatic carbocycles. The molecule has 0 bridgehead atoms. The number of anilines is 1. The zero-order valence-corrected chi connectivity index (χ0v) is 16.9. The van der Waals surface area contributed by atoms with Gasteiger partial charge in [-0.25, -0.2) is 4.98 Å². The van der Waals surface area contributed by atoms with Gasteiger partial charge in [-0.3, -0.25) is 4.79 Å². The summed E-state index contributed by atoms with van der Waals surface area (Å²) in [5.74, 6) is 0.951. The SMILES string of the molecule is Cc1cc(NC(=O)[C@@H](C)Oc2ccccc2)n(-c2nc(-c3ccccc3)cs2)n1. The first-order valence-electron chi connectivity index (χ1n) is 9.21. The van der Waals surface area contributed by atoms with E-state index in [1.54, 1.807) is 11.6 Å². The number of hydrogen-bond acceptors (Lipinski definition) is 5. The fraction of sp³-hybridized carbons (Fsp3) is 0.136. The molecule has 6 nitrogen and oxygen atoms in total. The fourth-order valence-corrected chi connectivity index (χ4v) is 3.62. The summed E-state index contributed by atoms with van der Waals surface area (Å²) in [4.78, 5) is 17.3. The van der Waals surface area contributed by atoms with Crippen LogP contribution in [0.15, 0.2) is 72.1 Å². The standard InChI is InChI=1S/C22H20N4O2S/c1-15-13-20(24-21(27)16(2)28-18-11-7-4-8-12-18)26(25-15)22-23-19(14-29-22)17-9-5-3-6-10-17/h3-14,16H,1-2H3,(H,24,27)/t16-/m1/s1. The molecule has 1 N–H and O–H groups in total. The second-order valence-corrected chi connectivity index (χ2v) is 7.36. The van der Waals surface area contributed by atoms with E-state index in [4.69, 9.17) is 4.74 Å². The van der Waals surface area contributed by atoms with E-state index in [2.05, 4.69) is 15.4 Å². The van der Waals surface area contributed by atoms with Crippen LogP contribution in [0, 0.1) is 6.92 Å². The molecule has 7 heteroatoms. The molecule has 0 aliphatic heterocycles. The highest BCUT2D eigenvalue weighted by molar-refractivity contribution is 7.12. The van der Waals surface area contributed by atoms with Gasteiger partial charge >= 0.3 is 0 Å². The van der Waals surface area contributed by atoms with Gasteiger partial charge in [0.1, 0.15) is 11.6 Å². The molecule has 2 heterocycles. The molecule has 0 aliphatic carbocycles. The molecule has 29 heavy (non-hydrogen) atoms. The van der Waals surface area contributed by atoms with Gasteiger partial charge in [0.25, 0.3) is 5.91 Å². The Morgan fingerprint density at radius 3 is 2.52 bits per heavy atom. The number of rotatable bonds is 6. The van der Waals surface area contributed by atoms with Crippen LogP contribution in [0.2, 0.25) is 0 Å². The Kier molecular flexibility index (Phi) is 5.39. The molecule has 0 aliphatic rings. The van der Waals surface area contributed by atoms with E-state index >= 15 is 0 Å². The van der Waals surface area contributed by atoms with E-state index in [-0.39, 0.29) is 5.91 Å². The third-order valence-electron chi connectivity index (χ3n) is 4.25. The van der Waals surface area contributed by atoms with Gasteiger partial charge in [0, 0.05) is 17.0 Å². The number of carbonyl (C=O) groups is 1. The number of carbonyl (C=O) groups excluding carboxylic acids is 1. The molecule has 1 amide bonds. The summed E-state index contributed by atoms with van der Waals surface area (Å²) in [6.07, 6.45) is -0.655. The van der Waals surface area contributed by atoms with Crippen LogP contribution in [0.4, 0.5) is 5.82 Å². The molecule has 0 fully saturated rings. The van der Waals surface area contributed by atoms with Crippen LogP contribution in [0.3, 0.4) is 0 Å². The Morgan fingerprint density at radius 1 is 1.10 bits per heavy atom. The summed E-state index contributed by atoms with van der Waals surface area (Å²) in [5.41, 5.74) is 2.69. The fourth-order valence-electron chi connectivity index (χ4n) is 2.82. The molecule has 0 saturated heterocycles. The Morgan fingerprint density at radius 2 is 1.79 bits per heavy atom. The first kappa shape index (κ1) is 18.9. The van der Waals surface area contributed by atoms with Gasteiger partial charge in [-0.15, -0.1) is 11.3 Å². The van der Waals surface area contributed by atoms with Crippen molar-refractivity contribution in [3.63, 3.8) is 0 Å². The largest absolute Gasteiger partial charge is 0.481 e. The van der Waals surface area contributed by atoms with Crippen molar-refractivity contribution < 1.29 is 9.53 Å². The Labute approximate surface area is 172 Å². The zero-order valence-electron chi connectivity index (χ0n) is 16.1. The molecule has 4 aromatic rings. The van der Waals surface area contributed by atoms with Gasteiger partial charge in [-0.1, -0.05) is 48.5 Å². The number of para-hydroxylation sites is 1. The number of ether oxygens (including phenoxy) is 1. The van der Waals surface area contributed by atoms with E-state index in [1.807, 2.05) is 79.0 Å². The molecule has 0 spiro atoms. The molecule has 0 unspecified atom stereocenters. The second kappa shape index (κ2) is 8.28. The highest BCUT2D eigenvalue weighted by Crippen LogP contribution is 2.26. The van der Waals surface area contributed by atoms with Gasteiger partial charge in [0.2, 0.25) is 5.13 Å². The van der Waals surface area contributed by atoms with Crippen LogP contribution < -0.4 is 10.1 Å². The summed E-state index contributed by atoms with van der Waals surface area (Å²) < 4.78 is 7.36. The quantitative estimate of drug-likeness (QED) is 0.505. The predicted molar refractivity (Wildman–Crippen MR) is 115 cm³/mol. The lowest BCUT2D eigenvalue weighted by molar-refractivity contribution is -0.122. The minimum absolute atomic E-state index is 0.255. The lowest BCUT2D eigenvalue weighted by Crippen LogP contribution is -2.30. The van der Waals surface area contributed by atoms with Gasteiger partial charge in [0.05, 0.1) is 11.4 Å². The molecule has 0 radical (unpaired) electrons. The van der Waals surface area contributed by atoms with E-state index in [1.165, 1.54) is 11.3 Å². The molecule has 1 atom stereocenters. The number of nitrogens with one attached hydrogen (secondary N) is 1. The van der Waals surface area contributed by atoms with Gasteiger partial charge in [0.15, 0.2) is 6.10 Å². The highest BCUT2D eigenvalue weighted by Gasteiger charge is 2.19. The monoisotopic (exact) mass is 404 g/mol. The number of aryl methyl sites for hydroxylation is 1. The van der Waals surface area contributed by atoms with Gasteiger partial charge in [-0.05, 0) is 26.0 Å². The molecule has 0 saturated carbocycles. The third kappa shape index (κ3) is 4.35. The molecular formula is C22H20N4O2S. The first-order valence-corrected chi connectivity index (χ1v) is 10.1. The molecule has 4 rings (SSSR count). The van der Waals surface area contributed by atoms with E-state index in [9.17, 15) is 4.79 Å². The minimum atomic E-state index is -0.655. The summed E-state index contributed by atoms with van der Waals surface area (Å²) in [5, 5.41) is 10.1. The van der Waals surface area contributed by atoms with Crippen molar-refractivity contribution in [1.82, 2.24) is 14.8 Å². The van der Waals surface area contributed by atoms with E-state index < -0.39 is 6.10 Å². The molecule has 146 valence electrons. The normalized spacial score (nSPS) is 11.8. The Balaban J connectivity index is 1.53. The summed E-state index contributed by atoms with van der Waals surface area (Å²) in [6.45, 7) is 3.59. The number of amides is 1. The van der Waals surface area contributed by atoms with Crippen LogP contribution in [0.5, 0.6) is 5.75 Å². The first-order chi connectivity index (χ1) is 14.1.